The second kappa shape index (κ2) is 9.83. The summed E-state index contributed by atoms with van der Waals surface area (Å²) in [6.07, 6.45) is 0.280. The van der Waals surface area contributed by atoms with Gasteiger partial charge in [0.25, 0.3) is 0 Å². The van der Waals surface area contributed by atoms with Crippen LogP contribution in [-0.4, -0.2) is 32.3 Å². The van der Waals surface area contributed by atoms with E-state index in [0.717, 1.165) is 5.69 Å². The fraction of sp³-hybridized carbons (Fsp3) is 0.200. The van der Waals surface area contributed by atoms with Gasteiger partial charge in [-0.15, -0.1) is 10.2 Å². The molecular formula is C20H20FN5O2S. The molecule has 2 aromatic carbocycles. The molecule has 0 fully saturated rings. The van der Waals surface area contributed by atoms with Gasteiger partial charge in [-0.2, -0.15) is 0 Å². The van der Waals surface area contributed by atoms with E-state index in [2.05, 4.69) is 20.8 Å². The zero-order valence-corrected chi connectivity index (χ0v) is 16.6. The van der Waals surface area contributed by atoms with Crippen molar-refractivity contribution in [1.29, 1.82) is 0 Å². The molecule has 0 saturated heterocycles. The zero-order chi connectivity index (χ0) is 20.6. The van der Waals surface area contributed by atoms with Crippen LogP contribution >= 0.6 is 11.8 Å². The van der Waals surface area contributed by atoms with Crippen LogP contribution in [0.15, 0.2) is 59.8 Å². The molecule has 0 aliphatic carbocycles. The lowest BCUT2D eigenvalue weighted by atomic mass is 10.3. The van der Waals surface area contributed by atoms with Gasteiger partial charge in [0.05, 0.1) is 12.1 Å². The van der Waals surface area contributed by atoms with E-state index < -0.39 is 5.82 Å². The number of para-hydroxylation sites is 2. The van der Waals surface area contributed by atoms with E-state index in [1.807, 2.05) is 30.3 Å². The number of hydrogen-bond acceptors (Lipinski definition) is 5. The molecule has 0 saturated carbocycles. The number of halogens is 1. The molecule has 0 spiro atoms. The summed E-state index contributed by atoms with van der Waals surface area (Å²) >= 11 is 1.38. The number of nitrogens with zero attached hydrogens (tertiary/aromatic N) is 3. The van der Waals surface area contributed by atoms with Crippen molar-refractivity contribution in [1.82, 2.24) is 14.8 Å². The van der Waals surface area contributed by atoms with E-state index in [9.17, 15) is 14.0 Å². The van der Waals surface area contributed by atoms with Gasteiger partial charge >= 0.3 is 0 Å². The predicted octanol–water partition coefficient (Wildman–Crippen LogP) is 3.26. The average molecular weight is 413 g/mol. The minimum Gasteiger partial charge on any atom is -0.326 e. The van der Waals surface area contributed by atoms with Crippen molar-refractivity contribution in [2.75, 3.05) is 16.4 Å². The van der Waals surface area contributed by atoms with Crippen molar-refractivity contribution < 1.29 is 14.0 Å². The minimum atomic E-state index is -0.496. The van der Waals surface area contributed by atoms with Crippen LogP contribution in [0.3, 0.4) is 0 Å². The van der Waals surface area contributed by atoms with E-state index in [1.54, 1.807) is 23.7 Å². The molecule has 9 heteroatoms. The van der Waals surface area contributed by atoms with E-state index in [-0.39, 0.29) is 23.9 Å². The Balaban J connectivity index is 1.48. The first-order valence-corrected chi connectivity index (χ1v) is 9.92. The first-order valence-electron chi connectivity index (χ1n) is 8.93. The topological polar surface area (TPSA) is 88.9 Å². The Kier molecular flexibility index (Phi) is 6.96. The lowest BCUT2D eigenvalue weighted by Crippen LogP contribution is -2.17. The van der Waals surface area contributed by atoms with Crippen molar-refractivity contribution >= 4 is 35.0 Å². The molecule has 0 radical (unpaired) electrons. The number of nitrogens with one attached hydrogen (secondary N) is 2. The summed E-state index contributed by atoms with van der Waals surface area (Å²) in [5.41, 5.74) is 0.878. The Labute approximate surface area is 171 Å². The number of aromatic nitrogens is 3. The van der Waals surface area contributed by atoms with Crippen LogP contribution in [0.2, 0.25) is 0 Å². The van der Waals surface area contributed by atoms with E-state index >= 15 is 0 Å². The van der Waals surface area contributed by atoms with Crippen LogP contribution in [-0.2, 0) is 23.1 Å². The fourth-order valence-corrected chi connectivity index (χ4v) is 3.37. The zero-order valence-electron chi connectivity index (χ0n) is 15.8. The molecule has 0 atom stereocenters. The SMILES string of the molecule is Cn1c(CC(=O)Nc2ccccc2F)nnc1SCCC(=O)Nc1ccccc1. The smallest absolute Gasteiger partial charge is 0.232 e. The summed E-state index contributed by atoms with van der Waals surface area (Å²) in [4.78, 5) is 24.1. The molecule has 2 N–H and O–H groups in total. The number of rotatable bonds is 8. The van der Waals surface area contributed by atoms with E-state index in [1.165, 1.54) is 23.9 Å². The minimum absolute atomic E-state index is 0.0348. The Morgan fingerprint density at radius 3 is 2.48 bits per heavy atom. The molecule has 7 nitrogen and oxygen atoms in total. The van der Waals surface area contributed by atoms with Crippen LogP contribution in [0.5, 0.6) is 0 Å². The van der Waals surface area contributed by atoms with Crippen molar-refractivity contribution in [2.45, 2.75) is 18.0 Å². The highest BCUT2D eigenvalue weighted by atomic mass is 32.2. The summed E-state index contributed by atoms with van der Waals surface area (Å²) in [7, 11) is 1.75. The molecule has 150 valence electrons. The molecule has 1 heterocycles. The van der Waals surface area contributed by atoms with Gasteiger partial charge in [0.2, 0.25) is 11.8 Å². The van der Waals surface area contributed by atoms with Gasteiger partial charge in [-0.05, 0) is 24.3 Å². The molecule has 0 aliphatic rings. The Morgan fingerprint density at radius 2 is 1.72 bits per heavy atom. The maximum Gasteiger partial charge on any atom is 0.232 e. The third-order valence-corrected chi connectivity index (χ3v) is 5.03. The second-order valence-electron chi connectivity index (χ2n) is 6.18. The molecule has 3 aromatic rings. The van der Waals surface area contributed by atoms with Crippen molar-refractivity contribution in [3.63, 3.8) is 0 Å². The van der Waals surface area contributed by atoms with Crippen LogP contribution < -0.4 is 10.6 Å². The Hall–Kier alpha value is -3.20. The second-order valence-corrected chi connectivity index (χ2v) is 7.24. The first-order chi connectivity index (χ1) is 14.0. The van der Waals surface area contributed by atoms with Crippen LogP contribution in [0.4, 0.5) is 15.8 Å². The summed E-state index contributed by atoms with van der Waals surface area (Å²) in [6, 6.07) is 15.2. The monoisotopic (exact) mass is 413 g/mol. The lowest BCUT2D eigenvalue weighted by molar-refractivity contribution is -0.116. The Morgan fingerprint density at radius 1 is 1.00 bits per heavy atom. The molecule has 0 unspecified atom stereocenters. The normalized spacial score (nSPS) is 10.6. The largest absolute Gasteiger partial charge is 0.326 e. The lowest BCUT2D eigenvalue weighted by Gasteiger charge is -2.07. The highest BCUT2D eigenvalue weighted by molar-refractivity contribution is 7.99. The summed E-state index contributed by atoms with van der Waals surface area (Å²) < 4.78 is 15.3. The van der Waals surface area contributed by atoms with Gasteiger partial charge in [-0.1, -0.05) is 42.1 Å². The number of benzene rings is 2. The maximum atomic E-state index is 13.6. The molecule has 0 aliphatic heterocycles. The van der Waals surface area contributed by atoms with Crippen LogP contribution in [0.1, 0.15) is 12.2 Å². The number of hydrogen-bond donors (Lipinski definition) is 2. The number of carbonyl (C=O) groups is 2. The molecule has 2 amide bonds. The van der Waals surface area contributed by atoms with Gasteiger partial charge in [0.1, 0.15) is 11.6 Å². The van der Waals surface area contributed by atoms with E-state index in [4.69, 9.17) is 0 Å². The van der Waals surface area contributed by atoms with Crippen LogP contribution in [0.25, 0.3) is 0 Å². The highest BCUT2D eigenvalue weighted by Gasteiger charge is 2.15. The molecule has 0 bridgehead atoms. The van der Waals surface area contributed by atoms with Crippen molar-refractivity contribution in [2.24, 2.45) is 7.05 Å². The average Bonchev–Trinajstić information content (AvgIpc) is 3.04. The number of thioether (sulfide) groups is 1. The van der Waals surface area contributed by atoms with Gasteiger partial charge in [-0.25, -0.2) is 4.39 Å². The maximum absolute atomic E-state index is 13.6. The van der Waals surface area contributed by atoms with E-state index in [0.29, 0.717) is 23.2 Å². The molecule has 1 aromatic heterocycles. The summed E-state index contributed by atoms with van der Waals surface area (Å²) in [6.45, 7) is 0. The molecule has 3 rings (SSSR count). The summed E-state index contributed by atoms with van der Waals surface area (Å²) in [5.74, 6) is 0.00478. The molecular weight excluding hydrogens is 393 g/mol. The van der Waals surface area contributed by atoms with Crippen LogP contribution in [0, 0.1) is 5.82 Å². The molecule has 29 heavy (non-hydrogen) atoms. The van der Waals surface area contributed by atoms with Crippen molar-refractivity contribution in [3.05, 3.63) is 66.2 Å². The third kappa shape index (κ3) is 5.89. The fourth-order valence-electron chi connectivity index (χ4n) is 2.51. The standard InChI is InChI=1S/C20H20FN5O2S/c1-26-17(13-19(28)23-16-10-6-5-9-15(16)21)24-25-20(26)29-12-11-18(27)22-14-7-3-2-4-8-14/h2-10H,11-13H2,1H3,(H,22,27)(H,23,28). The summed E-state index contributed by atoms with van der Waals surface area (Å²) in [5, 5.41) is 14.0. The Bertz CT molecular complexity index is 994. The third-order valence-electron chi connectivity index (χ3n) is 4.01. The van der Waals surface area contributed by atoms with Gasteiger partial charge < -0.3 is 15.2 Å². The van der Waals surface area contributed by atoms with Gasteiger partial charge in [0.15, 0.2) is 5.16 Å². The first kappa shape index (κ1) is 20.5. The number of anilines is 2. The number of carbonyl (C=O) groups excluding carboxylic acids is 2. The highest BCUT2D eigenvalue weighted by Crippen LogP contribution is 2.18. The quantitative estimate of drug-likeness (QED) is 0.554. The van der Waals surface area contributed by atoms with Gasteiger partial charge in [-0.3, -0.25) is 9.59 Å². The predicted molar refractivity (Wildman–Crippen MR) is 110 cm³/mol. The van der Waals surface area contributed by atoms with Gasteiger partial charge in [0, 0.05) is 24.9 Å². The van der Waals surface area contributed by atoms with Crippen molar-refractivity contribution in [3.8, 4) is 0 Å². The number of amides is 2.